The van der Waals surface area contributed by atoms with E-state index in [2.05, 4.69) is 30.8 Å². The zero-order valence-corrected chi connectivity index (χ0v) is 28.0. The van der Waals surface area contributed by atoms with Crippen molar-refractivity contribution >= 4 is 11.9 Å². The van der Waals surface area contributed by atoms with Crippen molar-refractivity contribution in [3.8, 4) is 22.8 Å². The van der Waals surface area contributed by atoms with E-state index in [1.165, 1.54) is 41.0 Å². The van der Waals surface area contributed by atoms with Gasteiger partial charge in [0.05, 0.1) is 43.5 Å². The van der Waals surface area contributed by atoms with Crippen LogP contribution in [0.1, 0.15) is 54.1 Å². The molecule has 0 atom stereocenters. The van der Waals surface area contributed by atoms with Gasteiger partial charge < -0.3 is 9.84 Å². The van der Waals surface area contributed by atoms with E-state index in [1.807, 2.05) is 0 Å². The molecule has 0 aliphatic heterocycles. The summed E-state index contributed by atoms with van der Waals surface area (Å²) >= 11 is 0. The number of hydrogen-bond acceptors (Lipinski definition) is 9. The van der Waals surface area contributed by atoms with Crippen LogP contribution in [0.3, 0.4) is 0 Å². The first kappa shape index (κ1) is 37.8. The first-order chi connectivity index (χ1) is 25.0. The number of carbonyl (C=O) groups is 2. The lowest BCUT2D eigenvalue weighted by Crippen LogP contribution is -2.06. The fourth-order valence-electron chi connectivity index (χ4n) is 5.19. The highest BCUT2D eigenvalue weighted by Crippen LogP contribution is 2.32. The quantitative estimate of drug-likeness (QED) is 0.136. The number of nitrogens with zero attached hydrogens (tertiary/aromatic N) is 8. The molecule has 274 valence electrons. The summed E-state index contributed by atoms with van der Waals surface area (Å²) in [7, 11) is 4.41. The standard InChI is InChI=1S/C18H15F3N4O2.C17H13F3N4O2/c1-25-23-16(22-24-25)15-10-13(17(26)27-2)7-6-12(15)8-11-4-3-5-14(9-11)18(19,20)21;1-24-22-15(21-23-24)14-9-12(16(25)26)6-5-11(14)7-10-3-2-4-13(8-10)17(18,19)20/h3-7,9-10H,8H2,1-2H3;2-6,8-9H,7H2,1H3,(H,25,26). The molecule has 18 heteroatoms. The Kier molecular flexibility index (Phi) is 11.0. The van der Waals surface area contributed by atoms with E-state index in [1.54, 1.807) is 50.5 Å². The average Bonchev–Trinajstić information content (AvgIpc) is 3.75. The van der Waals surface area contributed by atoms with Crippen molar-refractivity contribution in [1.29, 1.82) is 0 Å². The van der Waals surface area contributed by atoms with Gasteiger partial charge in [-0.2, -0.15) is 35.9 Å². The van der Waals surface area contributed by atoms with Crippen LogP contribution in [0.2, 0.25) is 0 Å². The van der Waals surface area contributed by atoms with Gasteiger partial charge in [0.15, 0.2) is 0 Å². The summed E-state index contributed by atoms with van der Waals surface area (Å²) in [6, 6.07) is 19.2. The normalized spacial score (nSPS) is 11.5. The Morgan fingerprint density at radius 3 is 1.47 bits per heavy atom. The molecule has 0 saturated heterocycles. The van der Waals surface area contributed by atoms with E-state index in [9.17, 15) is 41.0 Å². The number of hydrogen-bond donors (Lipinski definition) is 1. The highest BCUT2D eigenvalue weighted by atomic mass is 19.4. The molecule has 0 aliphatic rings. The minimum absolute atomic E-state index is 0.0280. The maximum atomic E-state index is 13.0. The lowest BCUT2D eigenvalue weighted by atomic mass is 9.96. The Morgan fingerprint density at radius 2 is 1.09 bits per heavy atom. The Balaban J connectivity index is 0.000000204. The number of esters is 1. The van der Waals surface area contributed by atoms with Crippen molar-refractivity contribution in [3.63, 3.8) is 0 Å². The molecule has 0 amide bonds. The fourth-order valence-corrected chi connectivity index (χ4v) is 5.19. The lowest BCUT2D eigenvalue weighted by molar-refractivity contribution is -0.138. The van der Waals surface area contributed by atoms with E-state index in [0.29, 0.717) is 33.4 Å². The predicted molar refractivity (Wildman–Crippen MR) is 175 cm³/mol. The maximum Gasteiger partial charge on any atom is 0.416 e. The molecule has 0 fully saturated rings. The van der Waals surface area contributed by atoms with E-state index >= 15 is 0 Å². The summed E-state index contributed by atoms with van der Waals surface area (Å²) in [6.07, 6.45) is -8.48. The van der Waals surface area contributed by atoms with Crippen LogP contribution in [0.25, 0.3) is 22.8 Å². The second-order valence-electron chi connectivity index (χ2n) is 11.5. The zero-order valence-electron chi connectivity index (χ0n) is 28.0. The molecule has 1 N–H and O–H groups in total. The molecule has 0 radical (unpaired) electrons. The number of methoxy groups -OCH3 is 1. The molecule has 53 heavy (non-hydrogen) atoms. The van der Waals surface area contributed by atoms with Crippen LogP contribution in [-0.4, -0.2) is 64.6 Å². The highest BCUT2D eigenvalue weighted by Gasteiger charge is 2.31. The first-order valence-electron chi connectivity index (χ1n) is 15.4. The number of tetrazole rings is 2. The number of aryl methyl sites for hydroxylation is 2. The molecule has 6 aromatic rings. The molecule has 2 aromatic heterocycles. The minimum atomic E-state index is -4.43. The van der Waals surface area contributed by atoms with Crippen molar-refractivity contribution in [2.45, 2.75) is 25.2 Å². The first-order valence-corrected chi connectivity index (χ1v) is 15.4. The molecule has 2 heterocycles. The fraction of sp³-hybridized carbons (Fsp3) is 0.200. The van der Waals surface area contributed by atoms with Gasteiger partial charge in [0.2, 0.25) is 11.6 Å². The summed E-state index contributed by atoms with van der Waals surface area (Å²) in [5.74, 6) is -1.19. The number of carbonyl (C=O) groups excluding carboxylic acids is 1. The van der Waals surface area contributed by atoms with Gasteiger partial charge in [-0.1, -0.05) is 48.5 Å². The summed E-state index contributed by atoms with van der Waals surface area (Å²) in [6.45, 7) is 0. The number of alkyl halides is 6. The molecule has 0 unspecified atom stereocenters. The summed E-state index contributed by atoms with van der Waals surface area (Å²) < 4.78 is 82.3. The van der Waals surface area contributed by atoms with E-state index in [4.69, 9.17) is 4.74 Å². The predicted octanol–water partition coefficient (Wildman–Crippen LogP) is 6.46. The largest absolute Gasteiger partial charge is 0.478 e. The molecule has 4 aromatic carbocycles. The van der Waals surface area contributed by atoms with Crippen molar-refractivity contribution in [1.82, 2.24) is 40.4 Å². The van der Waals surface area contributed by atoms with Gasteiger partial charge in [-0.25, -0.2) is 9.59 Å². The molecule has 0 spiro atoms. The van der Waals surface area contributed by atoms with E-state index in [-0.39, 0.29) is 35.6 Å². The van der Waals surface area contributed by atoms with Gasteiger partial charge in [-0.05, 0) is 81.9 Å². The maximum absolute atomic E-state index is 13.0. The van der Waals surface area contributed by atoms with E-state index in [0.717, 1.165) is 24.3 Å². The van der Waals surface area contributed by atoms with Gasteiger partial charge in [-0.15, -0.1) is 20.4 Å². The second-order valence-corrected chi connectivity index (χ2v) is 11.5. The smallest absolute Gasteiger partial charge is 0.416 e. The molecular weight excluding hydrogens is 710 g/mol. The highest BCUT2D eigenvalue weighted by molar-refractivity contribution is 5.91. The lowest BCUT2D eigenvalue weighted by Gasteiger charge is -2.11. The van der Waals surface area contributed by atoms with Crippen LogP contribution in [0.15, 0.2) is 84.9 Å². The number of benzene rings is 4. The van der Waals surface area contributed by atoms with Crippen LogP contribution in [0, 0.1) is 0 Å². The van der Waals surface area contributed by atoms with Crippen LogP contribution in [0.5, 0.6) is 0 Å². The average molecular weight is 739 g/mol. The van der Waals surface area contributed by atoms with Gasteiger partial charge in [0, 0.05) is 11.1 Å². The van der Waals surface area contributed by atoms with E-state index < -0.39 is 35.4 Å². The Bertz CT molecular complexity index is 2270. The van der Waals surface area contributed by atoms with Crippen molar-refractivity contribution in [2.24, 2.45) is 14.1 Å². The number of halogens is 6. The number of aromatic carboxylic acids is 1. The van der Waals surface area contributed by atoms with Gasteiger partial charge in [0.1, 0.15) is 0 Å². The van der Waals surface area contributed by atoms with Crippen LogP contribution in [-0.2, 0) is 44.0 Å². The van der Waals surface area contributed by atoms with Crippen molar-refractivity contribution in [3.05, 3.63) is 129 Å². The monoisotopic (exact) mass is 738 g/mol. The summed E-state index contributed by atoms with van der Waals surface area (Å²) in [5.41, 5.74) is 1.94. The van der Waals surface area contributed by atoms with Crippen molar-refractivity contribution < 1.29 is 45.8 Å². The number of carboxylic acids is 1. The third-order valence-electron chi connectivity index (χ3n) is 7.68. The van der Waals surface area contributed by atoms with Gasteiger partial charge >= 0.3 is 24.3 Å². The summed E-state index contributed by atoms with van der Waals surface area (Å²) in [4.78, 5) is 25.5. The molecular formula is C35H28F6N8O4. The molecule has 0 bridgehead atoms. The number of rotatable bonds is 8. The SMILES string of the molecule is COC(=O)c1ccc(Cc2cccc(C(F)(F)F)c2)c(-c2nnn(C)n2)c1.Cn1nnc(-c2cc(C(=O)O)ccc2Cc2cccc(C(F)(F)F)c2)n1. The van der Waals surface area contributed by atoms with Gasteiger partial charge in [0.25, 0.3) is 0 Å². The number of carboxylic acid groups (broad SMARTS) is 1. The van der Waals surface area contributed by atoms with Crippen LogP contribution in [0.4, 0.5) is 26.3 Å². The number of ether oxygens (including phenoxy) is 1. The second kappa shape index (κ2) is 15.4. The zero-order chi connectivity index (χ0) is 38.5. The topological polar surface area (TPSA) is 151 Å². The molecule has 0 aliphatic carbocycles. The Hall–Kier alpha value is -6.46. The molecule has 12 nitrogen and oxygen atoms in total. The summed E-state index contributed by atoms with van der Waals surface area (Å²) in [5, 5.41) is 32.7. The van der Waals surface area contributed by atoms with Crippen molar-refractivity contribution in [2.75, 3.05) is 7.11 Å². The Labute approximate surface area is 296 Å². The van der Waals surface area contributed by atoms with Gasteiger partial charge in [-0.3, -0.25) is 0 Å². The third-order valence-corrected chi connectivity index (χ3v) is 7.68. The third kappa shape index (κ3) is 9.46. The van der Waals surface area contributed by atoms with Crippen LogP contribution >= 0.6 is 0 Å². The number of aromatic nitrogens is 8. The molecule has 0 saturated carbocycles. The minimum Gasteiger partial charge on any atom is -0.478 e. The molecule has 6 rings (SSSR count). The van der Waals surface area contributed by atoms with Crippen LogP contribution < -0.4 is 0 Å². The Morgan fingerprint density at radius 1 is 0.660 bits per heavy atom.